The molecule has 0 bridgehead atoms. The van der Waals surface area contributed by atoms with Crippen molar-refractivity contribution in [3.8, 4) is 11.1 Å². The van der Waals surface area contributed by atoms with Crippen molar-refractivity contribution in [2.45, 2.75) is 12.3 Å². The Balaban J connectivity index is 1.70. The molecule has 0 aromatic heterocycles. The first kappa shape index (κ1) is 17.8. The second-order valence-electron chi connectivity index (χ2n) is 6.14. The van der Waals surface area contributed by atoms with Crippen LogP contribution < -0.4 is 0 Å². The molecule has 0 aliphatic rings. The van der Waals surface area contributed by atoms with Crippen LogP contribution in [0.3, 0.4) is 0 Å². The van der Waals surface area contributed by atoms with Gasteiger partial charge in [0.25, 0.3) is 5.92 Å². The number of allylic oxidation sites excluding steroid dienone is 2. The summed E-state index contributed by atoms with van der Waals surface area (Å²) in [5, 5.41) is 0. The fraction of sp³-hybridized carbons (Fsp3) is 0.0833. The number of hydrogen-bond acceptors (Lipinski definition) is 0. The average Bonchev–Trinajstić information content (AvgIpc) is 2.69. The molecular weight excluding hydrogens is 326 g/mol. The number of alkyl halides is 2. The fourth-order valence-electron chi connectivity index (χ4n) is 2.74. The molecule has 0 N–H and O–H groups in total. The third kappa shape index (κ3) is 4.34. The third-order valence-electron chi connectivity index (χ3n) is 4.27. The molecule has 0 spiro atoms. The van der Waals surface area contributed by atoms with Crippen molar-refractivity contribution in [3.63, 3.8) is 0 Å². The summed E-state index contributed by atoms with van der Waals surface area (Å²) in [5.74, 6) is -2.99. The summed E-state index contributed by atoms with van der Waals surface area (Å²) in [6.07, 6.45) is 2.83. The van der Waals surface area contributed by atoms with Gasteiger partial charge in [-0.1, -0.05) is 104 Å². The second kappa shape index (κ2) is 7.92. The van der Waals surface area contributed by atoms with E-state index < -0.39 is 5.92 Å². The smallest absolute Gasteiger partial charge is 0.201 e. The topological polar surface area (TPSA) is 0 Å². The van der Waals surface area contributed by atoms with Crippen LogP contribution in [0.5, 0.6) is 0 Å². The van der Waals surface area contributed by atoms with E-state index in [1.807, 2.05) is 72.8 Å². The van der Waals surface area contributed by atoms with Crippen molar-refractivity contribution in [2.75, 3.05) is 0 Å². The van der Waals surface area contributed by atoms with Crippen molar-refractivity contribution in [1.82, 2.24) is 0 Å². The molecule has 0 heterocycles. The maximum absolute atomic E-state index is 14.5. The molecule has 0 saturated carbocycles. The van der Waals surface area contributed by atoms with E-state index >= 15 is 0 Å². The Morgan fingerprint density at radius 2 is 1.31 bits per heavy atom. The first-order valence-corrected chi connectivity index (χ1v) is 8.51. The summed E-state index contributed by atoms with van der Waals surface area (Å²) < 4.78 is 29.0. The highest BCUT2D eigenvalue weighted by Crippen LogP contribution is 2.35. The van der Waals surface area contributed by atoms with Crippen LogP contribution in [0, 0.1) is 0 Å². The van der Waals surface area contributed by atoms with Crippen molar-refractivity contribution < 1.29 is 8.78 Å². The second-order valence-corrected chi connectivity index (χ2v) is 6.14. The van der Waals surface area contributed by atoms with E-state index in [0.29, 0.717) is 5.56 Å². The van der Waals surface area contributed by atoms with Gasteiger partial charge in [0.2, 0.25) is 0 Å². The average molecular weight is 346 g/mol. The molecular formula is C24H20F2. The molecule has 3 aromatic rings. The van der Waals surface area contributed by atoms with E-state index in [4.69, 9.17) is 0 Å². The summed E-state index contributed by atoms with van der Waals surface area (Å²) in [5.41, 5.74) is 3.26. The fourth-order valence-corrected chi connectivity index (χ4v) is 2.74. The van der Waals surface area contributed by atoms with Crippen molar-refractivity contribution >= 4 is 11.6 Å². The predicted molar refractivity (Wildman–Crippen MR) is 106 cm³/mol. The van der Waals surface area contributed by atoms with Crippen molar-refractivity contribution in [1.29, 1.82) is 0 Å². The van der Waals surface area contributed by atoms with Crippen LogP contribution in [0.2, 0.25) is 0 Å². The molecule has 3 rings (SSSR count). The first-order valence-electron chi connectivity index (χ1n) is 8.51. The van der Waals surface area contributed by atoms with Gasteiger partial charge in [-0.15, -0.1) is 0 Å². The zero-order chi connectivity index (χ0) is 18.4. The Morgan fingerprint density at radius 3 is 1.92 bits per heavy atom. The lowest BCUT2D eigenvalue weighted by atomic mass is 9.96. The summed E-state index contributed by atoms with van der Waals surface area (Å²) in [4.78, 5) is 0. The third-order valence-corrected chi connectivity index (χ3v) is 4.27. The molecule has 0 saturated heterocycles. The quantitative estimate of drug-likeness (QED) is 0.446. The van der Waals surface area contributed by atoms with Gasteiger partial charge < -0.3 is 0 Å². The summed E-state index contributed by atoms with van der Waals surface area (Å²) >= 11 is 0. The Labute approximate surface area is 153 Å². The molecule has 0 nitrogen and oxygen atoms in total. The van der Waals surface area contributed by atoms with E-state index in [2.05, 4.69) is 6.58 Å². The number of rotatable bonds is 6. The highest BCUT2D eigenvalue weighted by atomic mass is 19.3. The zero-order valence-corrected chi connectivity index (χ0v) is 14.4. The van der Waals surface area contributed by atoms with E-state index in [0.717, 1.165) is 16.7 Å². The molecule has 0 aliphatic heterocycles. The number of halogens is 2. The predicted octanol–water partition coefficient (Wildman–Crippen LogP) is 7.11. The van der Waals surface area contributed by atoms with Crippen molar-refractivity contribution in [2.24, 2.45) is 0 Å². The highest BCUT2D eigenvalue weighted by molar-refractivity contribution is 5.72. The lowest BCUT2D eigenvalue weighted by molar-refractivity contribution is 0.0710. The SMILES string of the molecule is C=C(c1ccc(-c2ccccc2)cc1)C(F)(F)C/C=C/c1ccccc1. The van der Waals surface area contributed by atoms with Crippen LogP contribution in [0.15, 0.2) is 97.6 Å². The summed E-state index contributed by atoms with van der Waals surface area (Å²) in [7, 11) is 0. The van der Waals surface area contributed by atoms with Crippen LogP contribution in [0.4, 0.5) is 8.78 Å². The molecule has 0 amide bonds. The Hall–Kier alpha value is -3.00. The van der Waals surface area contributed by atoms with Crippen LogP contribution in [-0.2, 0) is 0 Å². The van der Waals surface area contributed by atoms with Gasteiger partial charge in [0.15, 0.2) is 0 Å². The first-order chi connectivity index (χ1) is 12.6. The minimum Gasteiger partial charge on any atom is -0.201 e. The lowest BCUT2D eigenvalue weighted by Crippen LogP contribution is -2.16. The largest absolute Gasteiger partial charge is 0.276 e. The van der Waals surface area contributed by atoms with Gasteiger partial charge in [-0.25, -0.2) is 8.78 Å². The molecule has 0 radical (unpaired) electrons. The van der Waals surface area contributed by atoms with Crippen molar-refractivity contribution in [3.05, 3.63) is 109 Å². The minimum absolute atomic E-state index is 0.158. The molecule has 0 unspecified atom stereocenters. The Kier molecular flexibility index (Phi) is 5.43. The van der Waals surface area contributed by atoms with Gasteiger partial charge in [-0.05, 0) is 22.3 Å². The van der Waals surface area contributed by atoms with Gasteiger partial charge in [-0.3, -0.25) is 0 Å². The Bertz CT molecular complexity index is 877. The minimum atomic E-state index is -2.99. The molecule has 130 valence electrons. The maximum atomic E-state index is 14.5. The van der Waals surface area contributed by atoms with Crippen LogP contribution >= 0.6 is 0 Å². The highest BCUT2D eigenvalue weighted by Gasteiger charge is 2.32. The monoisotopic (exact) mass is 346 g/mol. The van der Waals surface area contributed by atoms with E-state index in [9.17, 15) is 8.78 Å². The summed E-state index contributed by atoms with van der Waals surface area (Å²) in [6.45, 7) is 3.64. The normalized spacial score (nSPS) is 11.6. The molecule has 0 aliphatic carbocycles. The molecule has 3 aromatic carbocycles. The van der Waals surface area contributed by atoms with E-state index in [1.54, 1.807) is 18.2 Å². The standard InChI is InChI=1S/C24H20F2/c1-19(24(25,26)18-8-11-20-9-4-2-5-10-20)21-14-16-23(17-15-21)22-12-6-3-7-13-22/h2-17H,1,18H2/b11-8+. The molecule has 0 fully saturated rings. The van der Waals surface area contributed by atoms with Crippen LogP contribution in [0.25, 0.3) is 22.8 Å². The lowest BCUT2D eigenvalue weighted by Gasteiger charge is -2.18. The van der Waals surface area contributed by atoms with Gasteiger partial charge in [0.05, 0.1) is 0 Å². The maximum Gasteiger partial charge on any atom is 0.276 e. The zero-order valence-electron chi connectivity index (χ0n) is 14.4. The van der Waals surface area contributed by atoms with Crippen LogP contribution in [0.1, 0.15) is 17.5 Å². The van der Waals surface area contributed by atoms with Gasteiger partial charge in [0.1, 0.15) is 0 Å². The van der Waals surface area contributed by atoms with Gasteiger partial charge in [0, 0.05) is 12.0 Å². The number of hydrogen-bond donors (Lipinski definition) is 0. The Morgan fingerprint density at radius 1 is 0.769 bits per heavy atom. The van der Waals surface area contributed by atoms with E-state index in [-0.39, 0.29) is 12.0 Å². The molecule has 26 heavy (non-hydrogen) atoms. The summed E-state index contributed by atoms with van der Waals surface area (Å²) in [6, 6.07) is 26.4. The van der Waals surface area contributed by atoms with Gasteiger partial charge >= 0.3 is 0 Å². The van der Waals surface area contributed by atoms with Crippen LogP contribution in [-0.4, -0.2) is 5.92 Å². The molecule has 2 heteroatoms. The van der Waals surface area contributed by atoms with E-state index in [1.165, 1.54) is 6.08 Å². The number of benzene rings is 3. The molecule has 0 atom stereocenters. The van der Waals surface area contributed by atoms with Gasteiger partial charge in [-0.2, -0.15) is 0 Å².